The van der Waals surface area contributed by atoms with Gasteiger partial charge in [-0.1, -0.05) is 48.0 Å². The summed E-state index contributed by atoms with van der Waals surface area (Å²) in [6, 6.07) is 22.4. The van der Waals surface area contributed by atoms with Gasteiger partial charge in [-0.25, -0.2) is 0 Å². The lowest BCUT2D eigenvalue weighted by Crippen LogP contribution is -2.22. The Morgan fingerprint density at radius 1 is 0.846 bits per heavy atom. The molecule has 0 aliphatic rings. The molecule has 4 rings (SSSR count). The normalized spacial score (nSPS) is 10.8. The first-order valence-electron chi connectivity index (χ1n) is 8.50. The number of rotatable bonds is 6. The second-order valence-corrected chi connectivity index (χ2v) is 6.16. The van der Waals surface area contributed by atoms with Crippen LogP contribution < -0.4 is 4.90 Å². The van der Waals surface area contributed by atoms with E-state index in [-0.39, 0.29) is 0 Å². The van der Waals surface area contributed by atoms with Gasteiger partial charge in [0.1, 0.15) is 0 Å². The van der Waals surface area contributed by atoms with Crippen LogP contribution in [-0.2, 0) is 13.1 Å². The van der Waals surface area contributed by atoms with Gasteiger partial charge in [-0.15, -0.1) is 10.2 Å². The molecule has 0 unspecified atom stereocenters. The molecule has 0 bridgehead atoms. The lowest BCUT2D eigenvalue weighted by atomic mass is 10.1. The third kappa shape index (κ3) is 3.67. The molecule has 0 aliphatic carbocycles. The van der Waals surface area contributed by atoms with Crippen molar-refractivity contribution in [1.82, 2.24) is 10.2 Å². The summed E-state index contributed by atoms with van der Waals surface area (Å²) >= 11 is 0. The molecule has 0 N–H and O–H groups in total. The van der Waals surface area contributed by atoms with E-state index in [1.807, 2.05) is 18.2 Å². The molecule has 0 saturated carbocycles. The van der Waals surface area contributed by atoms with E-state index in [1.165, 1.54) is 11.1 Å². The van der Waals surface area contributed by atoms with Crippen LogP contribution in [0.4, 0.5) is 5.69 Å². The fourth-order valence-electron chi connectivity index (χ4n) is 2.78. The minimum Gasteiger partial charge on any atom is -0.459 e. The van der Waals surface area contributed by atoms with E-state index < -0.39 is 0 Å². The van der Waals surface area contributed by atoms with Crippen molar-refractivity contribution in [2.24, 2.45) is 0 Å². The molecular formula is C21H19N3O2. The minimum atomic E-state index is 0.397. The summed E-state index contributed by atoms with van der Waals surface area (Å²) in [5.74, 6) is 1.52. The van der Waals surface area contributed by atoms with E-state index in [0.29, 0.717) is 24.1 Å². The summed E-state index contributed by atoms with van der Waals surface area (Å²) in [4.78, 5) is 2.22. The predicted octanol–water partition coefficient (Wildman–Crippen LogP) is 4.84. The van der Waals surface area contributed by atoms with Crippen molar-refractivity contribution in [2.45, 2.75) is 20.0 Å². The number of aryl methyl sites for hydroxylation is 1. The molecule has 5 nitrogen and oxygen atoms in total. The topological polar surface area (TPSA) is 55.3 Å². The lowest BCUT2D eigenvalue weighted by Gasteiger charge is -2.23. The molecule has 4 aromatic rings. The van der Waals surface area contributed by atoms with Gasteiger partial charge in [0, 0.05) is 12.2 Å². The highest BCUT2D eigenvalue weighted by atomic mass is 16.4. The molecule has 0 atom stereocenters. The molecule has 0 amide bonds. The van der Waals surface area contributed by atoms with Gasteiger partial charge in [0.15, 0.2) is 5.76 Å². The van der Waals surface area contributed by atoms with Gasteiger partial charge in [0.25, 0.3) is 5.89 Å². The van der Waals surface area contributed by atoms with Gasteiger partial charge in [0.2, 0.25) is 5.89 Å². The highest BCUT2D eigenvalue weighted by Gasteiger charge is 2.15. The molecule has 2 aromatic heterocycles. The van der Waals surface area contributed by atoms with Crippen molar-refractivity contribution >= 4 is 5.69 Å². The smallest absolute Gasteiger partial charge is 0.283 e. The predicted molar refractivity (Wildman–Crippen MR) is 99.5 cm³/mol. The molecule has 0 fully saturated rings. The van der Waals surface area contributed by atoms with Crippen molar-refractivity contribution in [2.75, 3.05) is 4.90 Å². The number of nitrogens with zero attached hydrogens (tertiary/aromatic N) is 3. The number of anilines is 1. The van der Waals surface area contributed by atoms with Crippen LogP contribution in [0.1, 0.15) is 17.0 Å². The molecule has 130 valence electrons. The zero-order valence-corrected chi connectivity index (χ0v) is 14.5. The SMILES string of the molecule is Cc1ccc(N(Cc2ccccc2)Cc2nnc(-c3ccco3)o2)cc1. The van der Waals surface area contributed by atoms with Crippen LogP contribution in [0.2, 0.25) is 0 Å². The van der Waals surface area contributed by atoms with E-state index in [9.17, 15) is 0 Å². The Hall–Kier alpha value is -3.34. The average molecular weight is 345 g/mol. The Labute approximate surface area is 151 Å². The van der Waals surface area contributed by atoms with Gasteiger partial charge in [-0.3, -0.25) is 0 Å². The zero-order valence-electron chi connectivity index (χ0n) is 14.5. The maximum atomic E-state index is 5.78. The molecule has 0 radical (unpaired) electrons. The Morgan fingerprint density at radius 3 is 2.38 bits per heavy atom. The van der Waals surface area contributed by atoms with Gasteiger partial charge < -0.3 is 13.7 Å². The van der Waals surface area contributed by atoms with Crippen LogP contribution in [0.15, 0.2) is 81.8 Å². The van der Waals surface area contributed by atoms with E-state index in [1.54, 1.807) is 18.4 Å². The largest absolute Gasteiger partial charge is 0.459 e. The Balaban J connectivity index is 1.59. The molecule has 2 heterocycles. The van der Waals surface area contributed by atoms with Crippen LogP contribution in [0, 0.1) is 6.92 Å². The molecular weight excluding hydrogens is 326 g/mol. The van der Waals surface area contributed by atoms with Gasteiger partial charge >= 0.3 is 0 Å². The van der Waals surface area contributed by atoms with Gasteiger partial charge in [0.05, 0.1) is 12.8 Å². The summed E-state index contributed by atoms with van der Waals surface area (Å²) < 4.78 is 11.1. The number of hydrogen-bond acceptors (Lipinski definition) is 5. The van der Waals surface area contributed by atoms with E-state index in [2.05, 4.69) is 58.4 Å². The Morgan fingerprint density at radius 2 is 1.65 bits per heavy atom. The minimum absolute atomic E-state index is 0.397. The summed E-state index contributed by atoms with van der Waals surface area (Å²) in [6.45, 7) is 3.35. The van der Waals surface area contributed by atoms with Crippen molar-refractivity contribution in [3.63, 3.8) is 0 Å². The van der Waals surface area contributed by atoms with Crippen LogP contribution in [0.25, 0.3) is 11.7 Å². The maximum absolute atomic E-state index is 5.78. The number of aromatic nitrogens is 2. The summed E-state index contributed by atoms with van der Waals surface area (Å²) in [5, 5.41) is 8.27. The quantitative estimate of drug-likeness (QED) is 0.500. The molecule has 0 saturated heterocycles. The molecule has 5 heteroatoms. The van der Waals surface area contributed by atoms with Crippen LogP contribution in [0.5, 0.6) is 0 Å². The summed E-state index contributed by atoms with van der Waals surface area (Å²) in [5.41, 5.74) is 3.56. The highest BCUT2D eigenvalue weighted by molar-refractivity contribution is 5.48. The Kier molecular flexibility index (Phi) is 4.51. The number of benzene rings is 2. The van der Waals surface area contributed by atoms with Gasteiger partial charge in [-0.05, 0) is 36.8 Å². The van der Waals surface area contributed by atoms with E-state index >= 15 is 0 Å². The van der Waals surface area contributed by atoms with Crippen LogP contribution in [-0.4, -0.2) is 10.2 Å². The maximum Gasteiger partial charge on any atom is 0.283 e. The molecule has 26 heavy (non-hydrogen) atoms. The lowest BCUT2D eigenvalue weighted by molar-refractivity contribution is 0.474. The van der Waals surface area contributed by atoms with Crippen molar-refractivity contribution < 1.29 is 8.83 Å². The van der Waals surface area contributed by atoms with E-state index in [4.69, 9.17) is 8.83 Å². The molecule has 0 aliphatic heterocycles. The highest BCUT2D eigenvalue weighted by Crippen LogP contribution is 2.23. The number of furan rings is 1. The molecule has 2 aromatic carbocycles. The van der Waals surface area contributed by atoms with E-state index in [0.717, 1.165) is 12.2 Å². The first-order valence-corrected chi connectivity index (χ1v) is 8.50. The fraction of sp³-hybridized carbons (Fsp3) is 0.143. The summed E-state index contributed by atoms with van der Waals surface area (Å²) in [7, 11) is 0. The average Bonchev–Trinajstić information content (AvgIpc) is 3.34. The monoisotopic (exact) mass is 345 g/mol. The van der Waals surface area contributed by atoms with Crippen LogP contribution in [0.3, 0.4) is 0 Å². The summed E-state index contributed by atoms with van der Waals surface area (Å²) in [6.07, 6.45) is 1.59. The first kappa shape index (κ1) is 16.1. The van der Waals surface area contributed by atoms with Crippen molar-refractivity contribution in [3.05, 3.63) is 90.0 Å². The third-order valence-electron chi connectivity index (χ3n) is 4.14. The van der Waals surface area contributed by atoms with Crippen molar-refractivity contribution in [1.29, 1.82) is 0 Å². The molecule has 0 spiro atoms. The standard InChI is InChI=1S/C21H19N3O2/c1-16-9-11-18(12-10-16)24(14-17-6-3-2-4-7-17)15-20-22-23-21(26-20)19-8-5-13-25-19/h2-13H,14-15H2,1H3. The zero-order chi connectivity index (χ0) is 17.8. The third-order valence-corrected chi connectivity index (χ3v) is 4.14. The number of hydrogen-bond donors (Lipinski definition) is 0. The first-order chi connectivity index (χ1) is 12.8. The van der Waals surface area contributed by atoms with Crippen LogP contribution >= 0.6 is 0 Å². The second-order valence-electron chi connectivity index (χ2n) is 6.16. The Bertz CT molecular complexity index is 945. The fourth-order valence-corrected chi connectivity index (χ4v) is 2.78. The van der Waals surface area contributed by atoms with Crippen molar-refractivity contribution in [3.8, 4) is 11.7 Å². The second kappa shape index (κ2) is 7.27. The van der Waals surface area contributed by atoms with Gasteiger partial charge in [-0.2, -0.15) is 0 Å².